The molecule has 2 aliphatic rings. The molecule has 0 aliphatic carbocycles. The van der Waals surface area contributed by atoms with Crippen LogP contribution in [0.15, 0.2) is 10.2 Å². The van der Waals surface area contributed by atoms with Gasteiger partial charge in [0.25, 0.3) is 0 Å². The maximum Gasteiger partial charge on any atom is 0.308 e. The number of aliphatic carboxylic acids is 1. The lowest BCUT2D eigenvalue weighted by Crippen LogP contribution is -2.53. The lowest BCUT2D eigenvalue weighted by Gasteiger charge is -2.42. The average Bonchev–Trinajstić information content (AvgIpc) is 3.23. The molecule has 1 saturated heterocycles. The third-order valence-electron chi connectivity index (χ3n) is 4.79. The third kappa shape index (κ3) is 3.46. The van der Waals surface area contributed by atoms with Crippen LogP contribution in [0, 0.1) is 18.3 Å². The van der Waals surface area contributed by atoms with Gasteiger partial charge in [0.05, 0.1) is 5.92 Å². The van der Waals surface area contributed by atoms with Crippen LogP contribution in [0.5, 0.6) is 0 Å². The highest BCUT2D eigenvalue weighted by atomic mass is 16.4. The van der Waals surface area contributed by atoms with Crippen molar-refractivity contribution in [2.24, 2.45) is 16.1 Å². The van der Waals surface area contributed by atoms with Crippen molar-refractivity contribution in [2.45, 2.75) is 70.1 Å². The fourth-order valence-electron chi connectivity index (χ4n) is 3.30. The number of carboxylic acids is 1. The van der Waals surface area contributed by atoms with E-state index >= 15 is 0 Å². The zero-order chi connectivity index (χ0) is 16.3. The summed E-state index contributed by atoms with van der Waals surface area (Å²) in [4.78, 5) is 25.6. The van der Waals surface area contributed by atoms with E-state index in [9.17, 15) is 14.7 Å². The van der Waals surface area contributed by atoms with Gasteiger partial charge in [0, 0.05) is 37.8 Å². The molecule has 0 aromatic heterocycles. The Bertz CT molecular complexity index is 517. The predicted molar refractivity (Wildman–Crippen MR) is 81.0 cm³/mol. The van der Waals surface area contributed by atoms with Crippen molar-refractivity contribution < 1.29 is 14.7 Å². The van der Waals surface area contributed by atoms with E-state index in [1.807, 2.05) is 13.8 Å². The van der Waals surface area contributed by atoms with Gasteiger partial charge in [-0.3, -0.25) is 9.59 Å². The number of nitrogens with zero attached hydrogens (tertiary/aromatic N) is 3. The van der Waals surface area contributed by atoms with Crippen molar-refractivity contribution in [2.75, 3.05) is 0 Å². The number of piperidine rings is 1. The summed E-state index contributed by atoms with van der Waals surface area (Å²) >= 11 is 0. The van der Waals surface area contributed by atoms with Crippen molar-refractivity contribution in [1.29, 1.82) is 0 Å². The van der Waals surface area contributed by atoms with Crippen LogP contribution in [0.4, 0.5) is 0 Å². The Balaban J connectivity index is 1.93. The average molecular weight is 305 g/mol. The van der Waals surface area contributed by atoms with Gasteiger partial charge in [-0.25, -0.2) is 0 Å². The molecule has 0 aromatic rings. The predicted octanol–water partition coefficient (Wildman–Crippen LogP) is 2.44. The van der Waals surface area contributed by atoms with Crippen molar-refractivity contribution >= 4 is 11.9 Å². The molecule has 3 unspecified atom stereocenters. The molecule has 0 radical (unpaired) electrons. The second-order valence-electron chi connectivity index (χ2n) is 6.30. The van der Waals surface area contributed by atoms with E-state index in [0.717, 1.165) is 6.42 Å². The lowest BCUT2D eigenvalue weighted by molar-refractivity contribution is -0.151. The van der Waals surface area contributed by atoms with Gasteiger partial charge in [0.15, 0.2) is 5.66 Å². The number of terminal acetylenes is 1. The molecule has 1 amide bonds. The van der Waals surface area contributed by atoms with Gasteiger partial charge in [-0.15, -0.1) is 12.3 Å². The first-order chi connectivity index (χ1) is 10.4. The van der Waals surface area contributed by atoms with E-state index in [1.165, 1.54) is 0 Å². The molecule has 2 aliphatic heterocycles. The number of carboxylic acid groups (broad SMARTS) is 1. The van der Waals surface area contributed by atoms with E-state index in [1.54, 1.807) is 4.90 Å². The Morgan fingerprint density at radius 2 is 2.00 bits per heavy atom. The van der Waals surface area contributed by atoms with Crippen LogP contribution in [-0.2, 0) is 9.59 Å². The topological polar surface area (TPSA) is 82.3 Å². The molecule has 0 bridgehead atoms. The molecule has 120 valence electrons. The number of hydrogen-bond donors (Lipinski definition) is 1. The first kappa shape index (κ1) is 16.5. The van der Waals surface area contributed by atoms with E-state index in [-0.39, 0.29) is 18.0 Å². The Morgan fingerprint density at radius 1 is 1.32 bits per heavy atom. The fourth-order valence-corrected chi connectivity index (χ4v) is 3.30. The zero-order valence-electron chi connectivity index (χ0n) is 13.2. The molecule has 1 N–H and O–H groups in total. The maximum absolute atomic E-state index is 12.5. The number of carbonyl (C=O) groups excluding carboxylic acids is 1. The molecule has 0 aromatic carbocycles. The number of amides is 1. The van der Waals surface area contributed by atoms with Crippen LogP contribution >= 0.6 is 0 Å². The van der Waals surface area contributed by atoms with Gasteiger partial charge in [-0.2, -0.15) is 10.2 Å². The van der Waals surface area contributed by atoms with Crippen LogP contribution < -0.4 is 0 Å². The standard InChI is InChI=1S/C16H23N3O3/c1-4-5-9-16(17-18-16)10-8-14(20)19-11(2)6-7-13(12(19)3)15(21)22/h1,11-13H,5-10H2,2-3H3,(H,21,22). The van der Waals surface area contributed by atoms with Crippen molar-refractivity contribution in [1.82, 2.24) is 4.90 Å². The maximum atomic E-state index is 12.5. The molecule has 0 spiro atoms. The molecule has 2 rings (SSSR count). The van der Waals surface area contributed by atoms with Crippen LogP contribution in [0.1, 0.15) is 52.4 Å². The SMILES string of the molecule is C#CCCC1(CCC(=O)N2C(C)CCC(C(=O)O)C2C)N=N1. The quantitative estimate of drug-likeness (QED) is 0.765. The summed E-state index contributed by atoms with van der Waals surface area (Å²) < 4.78 is 0. The smallest absolute Gasteiger partial charge is 0.308 e. The zero-order valence-corrected chi connectivity index (χ0v) is 13.2. The minimum absolute atomic E-state index is 0.0108. The summed E-state index contributed by atoms with van der Waals surface area (Å²) in [5.41, 5.74) is -0.462. The van der Waals surface area contributed by atoms with Gasteiger partial charge in [0.1, 0.15) is 0 Å². The highest BCUT2D eigenvalue weighted by Gasteiger charge is 2.42. The summed E-state index contributed by atoms with van der Waals surface area (Å²) in [6.07, 6.45) is 8.77. The normalized spacial score (nSPS) is 29.0. The van der Waals surface area contributed by atoms with E-state index in [2.05, 4.69) is 16.1 Å². The Morgan fingerprint density at radius 3 is 2.55 bits per heavy atom. The van der Waals surface area contributed by atoms with Gasteiger partial charge in [0.2, 0.25) is 5.91 Å². The van der Waals surface area contributed by atoms with E-state index in [0.29, 0.717) is 32.1 Å². The van der Waals surface area contributed by atoms with Crippen LogP contribution in [0.2, 0.25) is 0 Å². The minimum atomic E-state index is -0.824. The number of carbonyl (C=O) groups is 2. The Labute approximate surface area is 131 Å². The van der Waals surface area contributed by atoms with Gasteiger partial charge in [-0.05, 0) is 26.7 Å². The highest BCUT2D eigenvalue weighted by molar-refractivity contribution is 5.79. The molecule has 6 nitrogen and oxygen atoms in total. The highest BCUT2D eigenvalue weighted by Crippen LogP contribution is 2.38. The summed E-state index contributed by atoms with van der Waals surface area (Å²) in [6.45, 7) is 3.80. The molecule has 2 heterocycles. The fraction of sp³-hybridized carbons (Fsp3) is 0.750. The largest absolute Gasteiger partial charge is 0.481 e. The molecule has 6 heteroatoms. The van der Waals surface area contributed by atoms with Crippen LogP contribution in [0.3, 0.4) is 0 Å². The summed E-state index contributed by atoms with van der Waals surface area (Å²) in [5, 5.41) is 17.3. The second-order valence-corrected chi connectivity index (χ2v) is 6.30. The van der Waals surface area contributed by atoms with Crippen molar-refractivity contribution in [3.05, 3.63) is 0 Å². The first-order valence-electron chi connectivity index (χ1n) is 7.82. The van der Waals surface area contributed by atoms with E-state index in [4.69, 9.17) is 6.42 Å². The van der Waals surface area contributed by atoms with Crippen molar-refractivity contribution in [3.63, 3.8) is 0 Å². The van der Waals surface area contributed by atoms with Gasteiger partial charge >= 0.3 is 5.97 Å². The van der Waals surface area contributed by atoms with Gasteiger partial charge in [-0.1, -0.05) is 0 Å². The Hall–Kier alpha value is -1.90. The van der Waals surface area contributed by atoms with Crippen molar-refractivity contribution in [3.8, 4) is 12.3 Å². The minimum Gasteiger partial charge on any atom is -0.481 e. The molecular weight excluding hydrogens is 282 g/mol. The molecule has 22 heavy (non-hydrogen) atoms. The summed E-state index contributed by atoms with van der Waals surface area (Å²) in [5.74, 6) is 1.25. The number of likely N-dealkylation sites (tertiary alicyclic amines) is 1. The monoisotopic (exact) mass is 305 g/mol. The van der Waals surface area contributed by atoms with Crippen LogP contribution in [0.25, 0.3) is 0 Å². The Kier molecular flexibility index (Phi) is 4.84. The van der Waals surface area contributed by atoms with Gasteiger partial charge < -0.3 is 10.0 Å². The first-order valence-corrected chi connectivity index (χ1v) is 7.82. The summed E-state index contributed by atoms with van der Waals surface area (Å²) in [7, 11) is 0. The number of rotatable bonds is 6. The van der Waals surface area contributed by atoms with Crippen LogP contribution in [-0.4, -0.2) is 39.6 Å². The molecular formula is C16H23N3O3. The third-order valence-corrected chi connectivity index (χ3v) is 4.79. The van der Waals surface area contributed by atoms with E-state index < -0.39 is 17.6 Å². The number of hydrogen-bond acceptors (Lipinski definition) is 4. The molecule has 3 atom stereocenters. The molecule has 0 saturated carbocycles. The summed E-state index contributed by atoms with van der Waals surface area (Å²) in [6, 6.07) is -0.198. The molecule has 1 fully saturated rings. The lowest BCUT2D eigenvalue weighted by atomic mass is 9.86. The second kappa shape index (κ2) is 6.47.